The zero-order chi connectivity index (χ0) is 18.2. The second kappa shape index (κ2) is 11.1. The largest absolute Gasteiger partial charge is 0.359 e. The average Bonchev–Trinajstić information content (AvgIpc) is 3.23. The third kappa shape index (κ3) is 6.56. The SMILES string of the molecule is CN=C(NCCNC(=O)c1scnc1C)NCc1cc(C(C)C)no1.I. The van der Waals surface area contributed by atoms with Crippen molar-refractivity contribution in [2.75, 3.05) is 20.1 Å². The Morgan fingerprint density at radius 3 is 2.62 bits per heavy atom. The summed E-state index contributed by atoms with van der Waals surface area (Å²) < 4.78 is 5.27. The predicted molar refractivity (Wildman–Crippen MR) is 113 cm³/mol. The molecule has 8 nitrogen and oxygen atoms in total. The van der Waals surface area contributed by atoms with E-state index in [-0.39, 0.29) is 29.9 Å². The van der Waals surface area contributed by atoms with Crippen molar-refractivity contribution in [3.63, 3.8) is 0 Å². The maximum absolute atomic E-state index is 12.0. The maximum atomic E-state index is 12.0. The van der Waals surface area contributed by atoms with Crippen molar-refractivity contribution in [2.45, 2.75) is 33.2 Å². The summed E-state index contributed by atoms with van der Waals surface area (Å²) in [6.45, 7) is 7.48. The monoisotopic (exact) mass is 492 g/mol. The standard InChI is InChI=1S/C16H24N6O2S.HI/c1-10(2)13-7-12(24-22-13)8-20-16(17-4)19-6-5-18-15(23)14-11(3)21-9-25-14;/h7,9-10H,5-6,8H2,1-4H3,(H,18,23)(H2,17,19,20);1H. The lowest BCUT2D eigenvalue weighted by atomic mass is 10.1. The molecule has 144 valence electrons. The van der Waals surface area contributed by atoms with Crippen molar-refractivity contribution < 1.29 is 9.32 Å². The molecule has 0 radical (unpaired) electrons. The van der Waals surface area contributed by atoms with E-state index in [1.807, 2.05) is 13.0 Å². The minimum Gasteiger partial charge on any atom is -0.359 e. The Balaban J connectivity index is 0.00000338. The molecule has 0 saturated carbocycles. The first-order valence-electron chi connectivity index (χ1n) is 8.09. The number of aryl methyl sites for hydroxylation is 1. The third-order valence-electron chi connectivity index (χ3n) is 3.48. The van der Waals surface area contributed by atoms with E-state index in [0.717, 1.165) is 17.1 Å². The molecule has 3 N–H and O–H groups in total. The Bertz CT molecular complexity index is 728. The van der Waals surface area contributed by atoms with Gasteiger partial charge in [0.1, 0.15) is 4.88 Å². The summed E-state index contributed by atoms with van der Waals surface area (Å²) >= 11 is 1.34. The number of hydrogen-bond donors (Lipinski definition) is 3. The highest BCUT2D eigenvalue weighted by atomic mass is 127. The van der Waals surface area contributed by atoms with Crippen molar-refractivity contribution in [1.29, 1.82) is 0 Å². The number of guanidine groups is 1. The van der Waals surface area contributed by atoms with Gasteiger partial charge < -0.3 is 20.5 Å². The first kappa shape index (κ1) is 22.4. The minimum absolute atomic E-state index is 0. The summed E-state index contributed by atoms with van der Waals surface area (Å²) in [6, 6.07) is 1.93. The molecule has 2 aromatic rings. The Hall–Kier alpha value is -1.69. The van der Waals surface area contributed by atoms with Crippen LogP contribution in [0.5, 0.6) is 0 Å². The third-order valence-corrected chi connectivity index (χ3v) is 4.40. The van der Waals surface area contributed by atoms with Gasteiger partial charge in [-0.15, -0.1) is 35.3 Å². The normalized spacial score (nSPS) is 11.2. The molecule has 0 atom stereocenters. The van der Waals surface area contributed by atoms with Crippen molar-refractivity contribution in [3.8, 4) is 0 Å². The van der Waals surface area contributed by atoms with E-state index in [9.17, 15) is 4.79 Å². The molecule has 2 rings (SSSR count). The van der Waals surface area contributed by atoms with E-state index in [4.69, 9.17) is 4.52 Å². The van der Waals surface area contributed by atoms with Crippen molar-refractivity contribution in [2.24, 2.45) is 4.99 Å². The maximum Gasteiger partial charge on any atom is 0.263 e. The lowest BCUT2D eigenvalue weighted by Crippen LogP contribution is -2.41. The van der Waals surface area contributed by atoms with Crippen LogP contribution >= 0.6 is 35.3 Å². The second-order valence-electron chi connectivity index (χ2n) is 5.75. The van der Waals surface area contributed by atoms with E-state index in [1.54, 1.807) is 12.6 Å². The van der Waals surface area contributed by atoms with E-state index >= 15 is 0 Å². The number of hydrogen-bond acceptors (Lipinski definition) is 6. The first-order chi connectivity index (χ1) is 12.0. The highest BCUT2D eigenvalue weighted by Gasteiger charge is 2.11. The van der Waals surface area contributed by atoms with Gasteiger partial charge in [-0.3, -0.25) is 9.79 Å². The molecule has 0 aliphatic carbocycles. The van der Waals surface area contributed by atoms with Crippen molar-refractivity contribution in [1.82, 2.24) is 26.1 Å². The summed E-state index contributed by atoms with van der Waals surface area (Å²) in [5.41, 5.74) is 3.35. The van der Waals surface area contributed by atoms with Gasteiger partial charge in [0.2, 0.25) is 0 Å². The lowest BCUT2D eigenvalue weighted by Gasteiger charge is -2.11. The first-order valence-corrected chi connectivity index (χ1v) is 8.97. The van der Waals surface area contributed by atoms with Crippen LogP contribution in [-0.4, -0.2) is 42.1 Å². The van der Waals surface area contributed by atoms with Gasteiger partial charge in [-0.25, -0.2) is 4.98 Å². The van der Waals surface area contributed by atoms with Gasteiger partial charge in [-0.05, 0) is 12.8 Å². The number of carbonyl (C=O) groups excluding carboxylic acids is 1. The highest BCUT2D eigenvalue weighted by molar-refractivity contribution is 14.0. The molecule has 0 spiro atoms. The summed E-state index contributed by atoms with van der Waals surface area (Å²) in [6.07, 6.45) is 0. The lowest BCUT2D eigenvalue weighted by molar-refractivity contribution is 0.0957. The van der Waals surface area contributed by atoms with Crippen LogP contribution in [0.3, 0.4) is 0 Å². The van der Waals surface area contributed by atoms with E-state index in [2.05, 4.69) is 44.9 Å². The van der Waals surface area contributed by atoms with E-state index in [1.165, 1.54) is 11.3 Å². The summed E-state index contributed by atoms with van der Waals surface area (Å²) in [7, 11) is 1.69. The number of carbonyl (C=O) groups is 1. The molecule has 0 aliphatic rings. The van der Waals surface area contributed by atoms with Crippen LogP contribution in [0.1, 0.15) is 46.6 Å². The molecule has 10 heteroatoms. The Kier molecular flexibility index (Phi) is 9.55. The minimum atomic E-state index is -0.104. The number of aromatic nitrogens is 2. The fraction of sp³-hybridized carbons (Fsp3) is 0.500. The van der Waals surface area contributed by atoms with Crippen LogP contribution in [0.15, 0.2) is 21.1 Å². The Labute approximate surface area is 174 Å². The molecule has 0 aromatic carbocycles. The number of nitrogens with zero attached hydrogens (tertiary/aromatic N) is 3. The van der Waals surface area contributed by atoms with Crippen LogP contribution in [-0.2, 0) is 6.54 Å². The van der Waals surface area contributed by atoms with E-state index in [0.29, 0.717) is 36.4 Å². The highest BCUT2D eigenvalue weighted by Crippen LogP contribution is 2.13. The number of rotatable bonds is 7. The zero-order valence-corrected chi connectivity index (χ0v) is 18.5. The fourth-order valence-corrected chi connectivity index (χ4v) is 2.75. The second-order valence-corrected chi connectivity index (χ2v) is 6.60. The molecule has 26 heavy (non-hydrogen) atoms. The number of amides is 1. The van der Waals surface area contributed by atoms with Gasteiger partial charge in [-0.2, -0.15) is 0 Å². The predicted octanol–water partition coefficient (Wildman–Crippen LogP) is 2.28. The molecule has 2 heterocycles. The zero-order valence-electron chi connectivity index (χ0n) is 15.3. The van der Waals surface area contributed by atoms with Crippen molar-refractivity contribution in [3.05, 3.63) is 33.6 Å². The molecule has 0 bridgehead atoms. The molecule has 2 aromatic heterocycles. The Morgan fingerprint density at radius 2 is 2.04 bits per heavy atom. The van der Waals surface area contributed by atoms with Gasteiger partial charge in [0, 0.05) is 26.2 Å². The van der Waals surface area contributed by atoms with Crippen LogP contribution in [0.25, 0.3) is 0 Å². The van der Waals surface area contributed by atoms with Crippen LogP contribution in [0.4, 0.5) is 0 Å². The average molecular weight is 492 g/mol. The molecular formula is C16H25IN6O2S. The van der Waals surface area contributed by atoms with Gasteiger partial charge >= 0.3 is 0 Å². The molecule has 0 unspecified atom stereocenters. The number of halogens is 1. The number of nitrogens with one attached hydrogen (secondary N) is 3. The molecule has 1 amide bonds. The molecule has 0 fully saturated rings. The number of aliphatic imine (C=N–C) groups is 1. The van der Waals surface area contributed by atoms with Crippen LogP contribution in [0, 0.1) is 6.92 Å². The van der Waals surface area contributed by atoms with Crippen molar-refractivity contribution >= 4 is 47.2 Å². The van der Waals surface area contributed by atoms with Gasteiger partial charge in [-0.1, -0.05) is 19.0 Å². The summed E-state index contributed by atoms with van der Waals surface area (Å²) in [5.74, 6) is 1.61. The topological polar surface area (TPSA) is 104 Å². The van der Waals surface area contributed by atoms with E-state index < -0.39 is 0 Å². The van der Waals surface area contributed by atoms with Crippen LogP contribution in [0.2, 0.25) is 0 Å². The quantitative estimate of drug-likeness (QED) is 0.237. The summed E-state index contributed by atoms with van der Waals surface area (Å²) in [5, 5.41) is 13.2. The fourth-order valence-electron chi connectivity index (χ4n) is 2.03. The number of thiazole rings is 1. The van der Waals surface area contributed by atoms with Crippen LogP contribution < -0.4 is 16.0 Å². The van der Waals surface area contributed by atoms with Gasteiger partial charge in [0.25, 0.3) is 5.91 Å². The molecular weight excluding hydrogens is 467 g/mol. The molecule has 0 aliphatic heterocycles. The molecule has 0 saturated heterocycles. The van der Waals surface area contributed by atoms with Gasteiger partial charge in [0.15, 0.2) is 11.7 Å². The smallest absolute Gasteiger partial charge is 0.263 e. The summed E-state index contributed by atoms with van der Waals surface area (Å²) in [4.78, 5) is 20.8. The van der Waals surface area contributed by atoms with Gasteiger partial charge in [0.05, 0.1) is 23.4 Å². The Morgan fingerprint density at radius 1 is 1.31 bits per heavy atom.